The molecule has 19 heavy (non-hydrogen) atoms. The summed E-state index contributed by atoms with van der Waals surface area (Å²) < 4.78 is 0. The summed E-state index contributed by atoms with van der Waals surface area (Å²) in [4.78, 5) is 15.2. The van der Waals surface area contributed by atoms with E-state index >= 15 is 0 Å². The third-order valence-electron chi connectivity index (χ3n) is 7.55. The van der Waals surface area contributed by atoms with E-state index in [1.54, 1.807) is 0 Å². The van der Waals surface area contributed by atoms with Crippen LogP contribution in [0.2, 0.25) is 0 Å². The van der Waals surface area contributed by atoms with Crippen molar-refractivity contribution in [1.82, 2.24) is 4.90 Å². The Morgan fingerprint density at radius 3 is 1.95 bits per heavy atom. The van der Waals surface area contributed by atoms with Crippen LogP contribution in [0.15, 0.2) is 0 Å². The molecule has 6 aliphatic rings. The second-order valence-electron chi connectivity index (χ2n) is 8.01. The molecule has 6 fully saturated rings. The third-order valence-corrected chi connectivity index (χ3v) is 7.55. The highest BCUT2D eigenvalue weighted by Crippen LogP contribution is 3.10. The van der Waals surface area contributed by atoms with Crippen LogP contribution >= 0.6 is 0 Å². The molecule has 100 valence electrons. The molecular weight excluding hydrogens is 236 g/mol. The van der Waals surface area contributed by atoms with Gasteiger partial charge in [-0.2, -0.15) is 5.26 Å². The van der Waals surface area contributed by atoms with Gasteiger partial charge in [0.05, 0.1) is 16.9 Å². The molecule has 6 aliphatic carbocycles. The van der Waals surface area contributed by atoms with Crippen molar-refractivity contribution in [2.24, 2.45) is 46.3 Å². The van der Waals surface area contributed by atoms with Crippen molar-refractivity contribution >= 4 is 5.91 Å². The monoisotopic (exact) mass is 256 g/mol. The van der Waals surface area contributed by atoms with Gasteiger partial charge in [0, 0.05) is 12.1 Å². The lowest BCUT2D eigenvalue weighted by Crippen LogP contribution is -3.11. The van der Waals surface area contributed by atoms with Crippen molar-refractivity contribution in [3.05, 3.63) is 0 Å². The number of carbonyl (C=O) groups excluding carboxylic acids is 1. The number of nitrogens with zero attached hydrogens (tertiary/aromatic N) is 2. The van der Waals surface area contributed by atoms with Crippen LogP contribution in [0.4, 0.5) is 0 Å². The first-order chi connectivity index (χ1) is 8.97. The van der Waals surface area contributed by atoms with E-state index in [1.807, 2.05) is 4.90 Å². The lowest BCUT2D eigenvalue weighted by Gasteiger charge is -3.09. The van der Waals surface area contributed by atoms with E-state index in [0.29, 0.717) is 29.6 Å². The van der Waals surface area contributed by atoms with Crippen LogP contribution < -0.4 is 0 Å². The molecule has 6 saturated carbocycles. The Kier molecular flexibility index (Phi) is 1.38. The Bertz CT molecular complexity index is 544. The van der Waals surface area contributed by atoms with Gasteiger partial charge in [-0.15, -0.1) is 0 Å². The highest BCUT2D eigenvalue weighted by Gasteiger charge is 3.13. The standard InChI is InChI=1S/C16H20N2O/c1-6(2)18(7(3)4)14(19)16-12-9-8-10(12)15(16,5-17)11(8)13(9)16/h6-13H,1-4H3. The second-order valence-corrected chi connectivity index (χ2v) is 8.01. The van der Waals surface area contributed by atoms with Gasteiger partial charge < -0.3 is 4.90 Å². The Hall–Kier alpha value is -1.04. The van der Waals surface area contributed by atoms with E-state index in [9.17, 15) is 10.1 Å². The van der Waals surface area contributed by atoms with Crippen LogP contribution in [0.1, 0.15) is 27.7 Å². The molecule has 0 heterocycles. The maximum atomic E-state index is 13.1. The lowest BCUT2D eigenvalue weighted by molar-refractivity contribution is -0.627. The lowest BCUT2D eigenvalue weighted by atomic mass is 8.92. The van der Waals surface area contributed by atoms with Crippen LogP contribution in [0.3, 0.4) is 0 Å². The van der Waals surface area contributed by atoms with Gasteiger partial charge in [-0.1, -0.05) is 0 Å². The average molecular weight is 256 g/mol. The maximum Gasteiger partial charge on any atom is 0.231 e. The van der Waals surface area contributed by atoms with Crippen LogP contribution in [-0.2, 0) is 4.79 Å². The SMILES string of the molecule is CC(C)N(C(=O)C12C3C4C5C3C1(C#N)C5C42)C(C)C. The number of nitriles is 1. The summed E-state index contributed by atoms with van der Waals surface area (Å²) >= 11 is 0. The van der Waals surface area contributed by atoms with E-state index < -0.39 is 0 Å². The van der Waals surface area contributed by atoms with Crippen LogP contribution in [0.25, 0.3) is 0 Å². The molecule has 0 bridgehead atoms. The molecule has 0 radical (unpaired) electrons. The summed E-state index contributed by atoms with van der Waals surface area (Å²) in [6.07, 6.45) is 0. The summed E-state index contributed by atoms with van der Waals surface area (Å²) in [7, 11) is 0. The number of rotatable bonds is 3. The largest absolute Gasteiger partial charge is 0.337 e. The Labute approximate surface area is 113 Å². The maximum absolute atomic E-state index is 13.1. The molecule has 0 aromatic heterocycles. The van der Waals surface area contributed by atoms with Gasteiger partial charge in [0.1, 0.15) is 0 Å². The van der Waals surface area contributed by atoms with E-state index in [2.05, 4.69) is 33.8 Å². The molecule has 0 saturated heterocycles. The van der Waals surface area contributed by atoms with Crippen molar-refractivity contribution in [3.63, 3.8) is 0 Å². The molecule has 6 rings (SSSR count). The summed E-state index contributed by atoms with van der Waals surface area (Å²) in [5, 5.41) is 9.67. The van der Waals surface area contributed by atoms with Gasteiger partial charge in [0.25, 0.3) is 0 Å². The zero-order valence-electron chi connectivity index (χ0n) is 11.9. The highest BCUT2D eigenvalue weighted by atomic mass is 16.2. The Balaban J connectivity index is 1.55. The molecule has 0 aromatic carbocycles. The normalized spacial score (nSPS) is 60.1. The quantitative estimate of drug-likeness (QED) is 0.774. The van der Waals surface area contributed by atoms with Gasteiger partial charge >= 0.3 is 0 Å². The number of hydrogen-bond donors (Lipinski definition) is 0. The third kappa shape index (κ3) is 0.579. The molecule has 1 amide bonds. The fourth-order valence-electron chi connectivity index (χ4n) is 7.52. The summed E-state index contributed by atoms with van der Waals surface area (Å²) in [5.41, 5.74) is -0.425. The van der Waals surface area contributed by atoms with Crippen molar-refractivity contribution in [2.75, 3.05) is 0 Å². The van der Waals surface area contributed by atoms with E-state index in [4.69, 9.17) is 0 Å². The van der Waals surface area contributed by atoms with Gasteiger partial charge in [0.15, 0.2) is 0 Å². The minimum atomic E-state index is -0.217. The molecule has 4 unspecified atom stereocenters. The Morgan fingerprint density at radius 1 is 1.05 bits per heavy atom. The van der Waals surface area contributed by atoms with E-state index in [1.165, 1.54) is 0 Å². The van der Waals surface area contributed by atoms with Crippen molar-refractivity contribution in [3.8, 4) is 6.07 Å². The van der Waals surface area contributed by atoms with Gasteiger partial charge in [-0.25, -0.2) is 0 Å². The number of hydrogen-bond acceptors (Lipinski definition) is 2. The van der Waals surface area contributed by atoms with Crippen molar-refractivity contribution in [1.29, 1.82) is 5.26 Å². The second kappa shape index (κ2) is 2.45. The molecule has 0 aromatic rings. The van der Waals surface area contributed by atoms with Gasteiger partial charge in [-0.05, 0) is 63.2 Å². The van der Waals surface area contributed by atoms with Crippen molar-refractivity contribution < 1.29 is 4.79 Å². The molecule has 3 heteroatoms. The summed E-state index contributed by atoms with van der Waals surface area (Å²) in [6, 6.07) is 3.08. The van der Waals surface area contributed by atoms with Crippen LogP contribution in [0.5, 0.6) is 0 Å². The fraction of sp³-hybridized carbons (Fsp3) is 0.875. The smallest absolute Gasteiger partial charge is 0.231 e. The predicted octanol–water partition coefficient (Wildman–Crippen LogP) is 1.89. The fourth-order valence-corrected chi connectivity index (χ4v) is 7.52. The molecule has 3 nitrogen and oxygen atoms in total. The topological polar surface area (TPSA) is 44.1 Å². The number of carbonyl (C=O) groups is 1. The average Bonchev–Trinajstić information content (AvgIpc) is 2.36. The first kappa shape index (κ1) is 10.7. The predicted molar refractivity (Wildman–Crippen MR) is 68.5 cm³/mol. The summed E-state index contributed by atoms with van der Waals surface area (Å²) in [6.45, 7) is 8.38. The van der Waals surface area contributed by atoms with Crippen LogP contribution in [0, 0.1) is 57.7 Å². The zero-order valence-corrected chi connectivity index (χ0v) is 11.9. The molecule has 0 N–H and O–H groups in total. The molecule has 0 spiro atoms. The van der Waals surface area contributed by atoms with Crippen LogP contribution in [-0.4, -0.2) is 22.9 Å². The first-order valence-corrected chi connectivity index (χ1v) is 7.72. The minimum Gasteiger partial charge on any atom is -0.337 e. The molecule has 0 aliphatic heterocycles. The van der Waals surface area contributed by atoms with E-state index in [0.717, 1.165) is 11.8 Å². The molecule has 4 atom stereocenters. The van der Waals surface area contributed by atoms with E-state index in [-0.39, 0.29) is 22.9 Å². The summed E-state index contributed by atoms with van der Waals surface area (Å²) in [5.74, 6) is 4.44. The highest BCUT2D eigenvalue weighted by molar-refractivity contribution is 5.94. The molecular formula is C16H20N2O. The Morgan fingerprint density at radius 2 is 1.53 bits per heavy atom. The van der Waals surface area contributed by atoms with Crippen molar-refractivity contribution in [2.45, 2.75) is 39.8 Å². The van der Waals surface area contributed by atoms with Gasteiger partial charge in [0.2, 0.25) is 5.91 Å². The van der Waals surface area contributed by atoms with Gasteiger partial charge in [-0.3, -0.25) is 4.79 Å². The first-order valence-electron chi connectivity index (χ1n) is 7.72. The number of amides is 1. The minimum absolute atomic E-state index is 0.207. The zero-order chi connectivity index (χ0) is 13.5.